The highest BCUT2D eigenvalue weighted by atomic mass is 35.5. The van der Waals surface area contributed by atoms with Crippen molar-refractivity contribution in [2.24, 2.45) is 17.6 Å². The maximum absolute atomic E-state index is 13.9. The maximum Gasteiger partial charge on any atom is 0.255 e. The lowest BCUT2D eigenvalue weighted by atomic mass is 9.57. The van der Waals surface area contributed by atoms with E-state index in [2.05, 4.69) is 5.32 Å². The Morgan fingerprint density at radius 3 is 2.40 bits per heavy atom. The number of Topliss-reactive ketones (excluding diaryl/α,β-unsaturated/α-hetero) is 2. The molecule has 3 aliphatic rings. The summed E-state index contributed by atoms with van der Waals surface area (Å²) in [5.41, 5.74) is 3.20. The number of hydrogen-bond donors (Lipinski definition) is 6. The van der Waals surface area contributed by atoms with Gasteiger partial charge in [0.1, 0.15) is 22.8 Å². The first-order valence-corrected chi connectivity index (χ1v) is 14.0. The zero-order chi connectivity index (χ0) is 30.9. The predicted octanol–water partition coefficient (Wildman–Crippen LogP) is 2.64. The third-order valence-corrected chi connectivity index (χ3v) is 9.42. The number of nitrogens with zero attached hydrogens (tertiary/aromatic N) is 1. The predicted molar refractivity (Wildman–Crippen MR) is 156 cm³/mol. The molecule has 42 heavy (non-hydrogen) atoms. The number of fused-ring (bicyclic) bond motifs is 3. The summed E-state index contributed by atoms with van der Waals surface area (Å²) in [7, 11) is 3.11. The largest absolute Gasteiger partial charge is 0.508 e. The minimum Gasteiger partial charge on any atom is -0.508 e. The lowest BCUT2D eigenvalue weighted by Crippen LogP contribution is -2.65. The SMILES string of the molecule is CN(C)[C@@H]1C(=O)C(C(N)=O)=C(O)[C@@]2(O)C(=O)C3=C(O)c4c(O)cc(CNC(C)(C)c5ccccc5)c(Cl)c4C[C@H]3C[C@@H]12. The molecule has 3 aliphatic carbocycles. The second-order valence-electron chi connectivity index (χ2n) is 12.0. The molecular formula is C31H34ClN3O7. The number of benzene rings is 2. The number of ketones is 2. The van der Waals surface area contributed by atoms with Gasteiger partial charge in [0.05, 0.1) is 11.6 Å². The Hall–Kier alpha value is -3.70. The first-order chi connectivity index (χ1) is 19.6. The van der Waals surface area contributed by atoms with Crippen molar-refractivity contribution in [2.75, 3.05) is 14.1 Å². The molecule has 0 radical (unpaired) electrons. The molecule has 7 N–H and O–H groups in total. The number of likely N-dealkylation sites (N-methyl/N-ethyl adjacent to an activating group) is 1. The van der Waals surface area contributed by atoms with E-state index in [1.165, 1.54) is 11.0 Å². The summed E-state index contributed by atoms with van der Waals surface area (Å²) in [5, 5.41) is 48.8. The van der Waals surface area contributed by atoms with E-state index in [-0.39, 0.29) is 36.3 Å². The van der Waals surface area contributed by atoms with Crippen LogP contribution in [0.3, 0.4) is 0 Å². The smallest absolute Gasteiger partial charge is 0.255 e. The normalized spacial score (nSPS) is 25.8. The summed E-state index contributed by atoms with van der Waals surface area (Å²) < 4.78 is 0. The number of rotatable bonds is 6. The van der Waals surface area contributed by atoms with Gasteiger partial charge in [-0.15, -0.1) is 0 Å². The number of carbonyl (C=O) groups is 3. The number of phenolic OH excluding ortho intramolecular Hbond substituents is 1. The van der Waals surface area contributed by atoms with Crippen LogP contribution < -0.4 is 11.1 Å². The monoisotopic (exact) mass is 595 g/mol. The molecule has 1 saturated carbocycles. The molecule has 0 saturated heterocycles. The highest BCUT2D eigenvalue weighted by Gasteiger charge is 2.64. The van der Waals surface area contributed by atoms with E-state index >= 15 is 0 Å². The lowest BCUT2D eigenvalue weighted by Gasteiger charge is -2.50. The summed E-state index contributed by atoms with van der Waals surface area (Å²) in [4.78, 5) is 40.7. The van der Waals surface area contributed by atoms with Gasteiger partial charge < -0.3 is 31.5 Å². The van der Waals surface area contributed by atoms with Crippen molar-refractivity contribution in [1.82, 2.24) is 10.2 Å². The highest BCUT2D eigenvalue weighted by Crippen LogP contribution is 2.53. The molecule has 0 bridgehead atoms. The van der Waals surface area contributed by atoms with E-state index in [0.29, 0.717) is 16.1 Å². The van der Waals surface area contributed by atoms with Crippen LogP contribution in [0.5, 0.6) is 5.75 Å². The number of carbonyl (C=O) groups excluding carboxylic acids is 3. The second kappa shape index (κ2) is 10.2. The third kappa shape index (κ3) is 4.32. The molecule has 0 aromatic heterocycles. The Balaban J connectivity index is 1.58. The van der Waals surface area contributed by atoms with Crippen LogP contribution in [0.15, 0.2) is 53.3 Å². The van der Waals surface area contributed by atoms with Crippen LogP contribution in [-0.4, -0.2) is 68.5 Å². The van der Waals surface area contributed by atoms with Crippen LogP contribution >= 0.6 is 11.6 Å². The lowest BCUT2D eigenvalue weighted by molar-refractivity contribution is -0.153. The molecule has 0 aliphatic heterocycles. The van der Waals surface area contributed by atoms with Crippen LogP contribution in [0.25, 0.3) is 5.76 Å². The van der Waals surface area contributed by atoms with Gasteiger partial charge in [-0.05, 0) is 69.5 Å². The standard InChI is InChI=1S/C31H34ClN3O7/c1-30(2,16-8-6-5-7-9-16)34-13-15-12-19(36)21-17(23(15)32)10-14-11-18-24(35(3)4)26(38)22(29(33)41)28(40)31(18,42)27(39)20(14)25(21)37/h5-9,12,14,18,24,34,36-37,40,42H,10-11,13H2,1-4H3,(H2,33,41)/t14-,18-,24-,31-/m0/s1. The fourth-order valence-electron chi connectivity index (χ4n) is 6.75. The average Bonchev–Trinajstić information content (AvgIpc) is 2.92. The van der Waals surface area contributed by atoms with Gasteiger partial charge in [-0.25, -0.2) is 0 Å². The topological polar surface area (TPSA) is 173 Å². The van der Waals surface area contributed by atoms with Crippen molar-refractivity contribution in [2.45, 2.75) is 50.4 Å². The summed E-state index contributed by atoms with van der Waals surface area (Å²) in [6, 6.07) is 10.1. The summed E-state index contributed by atoms with van der Waals surface area (Å²) in [5.74, 6) is -7.00. The van der Waals surface area contributed by atoms with Gasteiger partial charge in [0, 0.05) is 28.6 Å². The molecule has 0 unspecified atom stereocenters. The fourth-order valence-corrected chi connectivity index (χ4v) is 7.04. The number of amides is 1. The highest BCUT2D eigenvalue weighted by molar-refractivity contribution is 6.32. The molecule has 2 aromatic carbocycles. The number of aliphatic hydroxyl groups excluding tert-OH is 2. The Labute approximate surface area is 248 Å². The summed E-state index contributed by atoms with van der Waals surface area (Å²) >= 11 is 6.87. The Morgan fingerprint density at radius 2 is 1.81 bits per heavy atom. The van der Waals surface area contributed by atoms with Gasteiger partial charge in [0.25, 0.3) is 5.91 Å². The third-order valence-electron chi connectivity index (χ3n) is 8.95. The van der Waals surface area contributed by atoms with E-state index in [9.17, 15) is 34.8 Å². The van der Waals surface area contributed by atoms with Crippen molar-refractivity contribution in [3.05, 3.63) is 80.6 Å². The molecule has 1 fully saturated rings. The van der Waals surface area contributed by atoms with Crippen molar-refractivity contribution in [3.8, 4) is 5.75 Å². The van der Waals surface area contributed by atoms with Gasteiger partial charge in [0.15, 0.2) is 11.4 Å². The summed E-state index contributed by atoms with van der Waals surface area (Å²) in [6.45, 7) is 4.32. The van der Waals surface area contributed by atoms with Crippen LogP contribution in [-0.2, 0) is 32.9 Å². The van der Waals surface area contributed by atoms with E-state index in [1.807, 2.05) is 44.2 Å². The van der Waals surface area contributed by atoms with Crippen molar-refractivity contribution in [3.63, 3.8) is 0 Å². The van der Waals surface area contributed by atoms with Crippen molar-refractivity contribution < 1.29 is 34.8 Å². The zero-order valence-corrected chi connectivity index (χ0v) is 24.5. The quantitative estimate of drug-likeness (QED) is 0.274. The average molecular weight is 596 g/mol. The Kier molecular flexibility index (Phi) is 7.26. The minimum absolute atomic E-state index is 0.00757. The van der Waals surface area contributed by atoms with Gasteiger partial charge >= 0.3 is 0 Å². The molecule has 4 atom stereocenters. The number of halogens is 1. The van der Waals surface area contributed by atoms with E-state index in [0.717, 1.165) is 5.56 Å². The molecule has 0 spiro atoms. The van der Waals surface area contributed by atoms with Crippen LogP contribution in [0.1, 0.15) is 42.5 Å². The first-order valence-electron chi connectivity index (χ1n) is 13.6. The molecule has 1 amide bonds. The molecule has 11 heteroatoms. The molecule has 2 aromatic rings. The number of phenols is 1. The number of nitrogens with two attached hydrogens (primary N) is 1. The fraction of sp³-hybridized carbons (Fsp3) is 0.387. The van der Waals surface area contributed by atoms with Crippen LogP contribution in [0.4, 0.5) is 0 Å². The van der Waals surface area contributed by atoms with Crippen molar-refractivity contribution >= 4 is 34.8 Å². The first kappa shape index (κ1) is 29.8. The minimum atomic E-state index is -2.68. The summed E-state index contributed by atoms with van der Waals surface area (Å²) in [6.07, 6.45) is 0.114. The zero-order valence-electron chi connectivity index (χ0n) is 23.7. The number of hydrogen-bond acceptors (Lipinski definition) is 9. The molecule has 10 nitrogen and oxygen atoms in total. The van der Waals surface area contributed by atoms with E-state index in [4.69, 9.17) is 17.3 Å². The van der Waals surface area contributed by atoms with Gasteiger partial charge in [0.2, 0.25) is 5.78 Å². The second-order valence-corrected chi connectivity index (χ2v) is 12.4. The van der Waals surface area contributed by atoms with Gasteiger partial charge in [-0.2, -0.15) is 0 Å². The number of aromatic hydroxyl groups is 1. The number of aliphatic hydroxyl groups is 3. The molecule has 5 rings (SSSR count). The van der Waals surface area contributed by atoms with Gasteiger partial charge in [-0.1, -0.05) is 41.9 Å². The molecule has 222 valence electrons. The number of nitrogens with one attached hydrogen (secondary N) is 1. The molecule has 0 heterocycles. The van der Waals surface area contributed by atoms with Crippen molar-refractivity contribution in [1.29, 1.82) is 0 Å². The molecular weight excluding hydrogens is 562 g/mol. The van der Waals surface area contributed by atoms with Gasteiger partial charge in [-0.3, -0.25) is 19.3 Å². The van der Waals surface area contributed by atoms with Crippen LogP contribution in [0, 0.1) is 11.8 Å². The van der Waals surface area contributed by atoms with Crippen LogP contribution in [0.2, 0.25) is 5.02 Å². The Bertz CT molecular complexity index is 1580. The maximum atomic E-state index is 13.9. The van der Waals surface area contributed by atoms with E-state index in [1.54, 1.807) is 14.1 Å². The van der Waals surface area contributed by atoms with E-state index < -0.39 is 63.6 Å². The number of primary amides is 1. The Morgan fingerprint density at radius 1 is 1.17 bits per heavy atom.